The molecule has 47 heavy (non-hydrogen) atoms. The first-order chi connectivity index (χ1) is 22.1. The largest absolute Gasteiger partial charge is 0.481 e. The molecule has 8 unspecified atom stereocenters. The number of hydrogen-bond acceptors (Lipinski definition) is 10. The average Bonchev–Trinajstić information content (AvgIpc) is 3.02. The first-order valence-electron chi connectivity index (χ1n) is 15.1. The van der Waals surface area contributed by atoms with Gasteiger partial charge in [-0.1, -0.05) is 73.6 Å². The third kappa shape index (κ3) is 15.5. The number of ketones is 1. The van der Waals surface area contributed by atoms with Crippen molar-refractivity contribution in [3.63, 3.8) is 0 Å². The molecule has 7 N–H and O–H groups in total. The summed E-state index contributed by atoms with van der Waals surface area (Å²) in [5.74, 6) is -4.03. The predicted octanol–water partition coefficient (Wildman–Crippen LogP) is 3.60. The van der Waals surface area contributed by atoms with Gasteiger partial charge in [0.05, 0.1) is 24.2 Å². The maximum atomic E-state index is 12.6. The predicted molar refractivity (Wildman–Crippen MR) is 176 cm³/mol. The molecule has 9 atom stereocenters. The molecule has 1 rings (SSSR count). The zero-order valence-electron chi connectivity index (χ0n) is 26.5. The van der Waals surface area contributed by atoms with Crippen LogP contribution in [0.5, 0.6) is 0 Å². The van der Waals surface area contributed by atoms with Gasteiger partial charge in [-0.25, -0.2) is 9.59 Å². The van der Waals surface area contributed by atoms with E-state index in [2.05, 4.69) is 0 Å². The van der Waals surface area contributed by atoms with Crippen molar-refractivity contribution in [1.29, 1.82) is 0 Å². The highest BCUT2D eigenvalue weighted by molar-refractivity contribution is 6.30. The number of aliphatic hydroxyl groups is 4. The number of ether oxygens (including phenoxy) is 2. The van der Waals surface area contributed by atoms with Crippen LogP contribution >= 0.6 is 23.2 Å². The highest BCUT2D eigenvalue weighted by atomic mass is 35.5. The Kier molecular flexibility index (Phi) is 19.2. The van der Waals surface area contributed by atoms with Crippen LogP contribution in [0, 0.1) is 11.8 Å². The number of primary amides is 1. The quantitative estimate of drug-likeness (QED) is 0.0399. The monoisotopic (exact) mass is 701 g/mol. The van der Waals surface area contributed by atoms with Gasteiger partial charge >= 0.3 is 18.0 Å². The van der Waals surface area contributed by atoms with Gasteiger partial charge in [0.15, 0.2) is 5.78 Å². The molecule has 1 fully saturated rings. The summed E-state index contributed by atoms with van der Waals surface area (Å²) >= 11 is 12.5. The minimum absolute atomic E-state index is 0.0343. The fourth-order valence-corrected chi connectivity index (χ4v) is 4.90. The molecule has 0 aromatic rings. The number of allylic oxidation sites excluding steroid dienone is 9. The lowest BCUT2D eigenvalue weighted by Gasteiger charge is -2.30. The Morgan fingerprint density at radius 3 is 2.26 bits per heavy atom. The molecule has 0 aromatic heterocycles. The van der Waals surface area contributed by atoms with Crippen LogP contribution in [0.25, 0.3) is 0 Å². The van der Waals surface area contributed by atoms with Crippen LogP contribution in [-0.2, 0) is 23.9 Å². The molecule has 0 radical (unpaired) electrons. The number of rotatable bonds is 18. The Labute approximate surface area is 284 Å². The van der Waals surface area contributed by atoms with Crippen LogP contribution in [0.1, 0.15) is 52.9 Å². The molecule has 1 amide bonds. The zero-order valence-corrected chi connectivity index (χ0v) is 28.0. The molecule has 0 aliphatic heterocycles. The standard InChI is InChI=1S/C33H45Cl2NO11/c1-4-5-13-27(47-33(36)45)29(35)24(38)18-25(39)31(42)30(41)20(3)22(34)12-8-6-10-19(2)11-7-9-14-28(40)46-26-16-15-21(32(43)44)17-23(26)37/h5-14,20-21,23-24,26-27,29-31,37-38,41-42H,4,15-18H2,1-3H3,(H2,36,45)(H,43,44)/b8-6+,11-7+,13-5+,14-9+,19-10+,22-12-/t20?,21-,23?,24?,26?,27?,29?,30?,31?/m0/s1. The van der Waals surface area contributed by atoms with Gasteiger partial charge in [0.25, 0.3) is 0 Å². The van der Waals surface area contributed by atoms with Gasteiger partial charge in [0, 0.05) is 23.4 Å². The summed E-state index contributed by atoms with van der Waals surface area (Å²) in [6.45, 7) is 5.12. The summed E-state index contributed by atoms with van der Waals surface area (Å²) in [4.78, 5) is 46.8. The number of halogens is 2. The van der Waals surface area contributed by atoms with Crippen LogP contribution in [0.4, 0.5) is 4.79 Å². The summed E-state index contributed by atoms with van der Waals surface area (Å²) in [7, 11) is 0. The second-order valence-corrected chi connectivity index (χ2v) is 12.0. The minimum atomic E-state index is -1.88. The number of alkyl halides is 1. The fraction of sp³-hybridized carbons (Fsp3) is 0.515. The SMILES string of the molecule is CC/C=C/C(OC(N)=O)C(Cl)C(O)CC(=O)C(O)C(O)C(C)/C(Cl)=C/C=C/C=C(C)/C=C/C=C/C(=O)OC1CC[C@H](C(=O)O)CC1O. The first-order valence-corrected chi connectivity index (χ1v) is 15.9. The molecule has 0 aromatic carbocycles. The van der Waals surface area contributed by atoms with Crippen molar-refractivity contribution < 1.29 is 54.2 Å². The van der Waals surface area contributed by atoms with E-state index in [4.69, 9.17) is 43.5 Å². The van der Waals surface area contributed by atoms with E-state index >= 15 is 0 Å². The Morgan fingerprint density at radius 2 is 1.66 bits per heavy atom. The molecule has 0 spiro atoms. The Morgan fingerprint density at radius 1 is 1.02 bits per heavy atom. The third-order valence-electron chi connectivity index (χ3n) is 7.31. The van der Waals surface area contributed by atoms with Gasteiger partial charge in [-0.15, -0.1) is 11.6 Å². The van der Waals surface area contributed by atoms with Gasteiger partial charge in [-0.05, 0) is 44.8 Å². The van der Waals surface area contributed by atoms with Gasteiger partial charge < -0.3 is 40.7 Å². The van der Waals surface area contributed by atoms with Gasteiger partial charge in [0.2, 0.25) is 0 Å². The summed E-state index contributed by atoms with van der Waals surface area (Å²) in [6.07, 6.45) is 7.05. The van der Waals surface area contributed by atoms with Gasteiger partial charge in [0.1, 0.15) is 23.7 Å². The molecule has 1 aliphatic rings. The minimum Gasteiger partial charge on any atom is -0.481 e. The van der Waals surface area contributed by atoms with Gasteiger partial charge in [-0.3, -0.25) is 9.59 Å². The Balaban J connectivity index is 2.63. The number of carbonyl (C=O) groups is 4. The number of esters is 1. The summed E-state index contributed by atoms with van der Waals surface area (Å²) in [5.41, 5.74) is 5.84. The molecule has 262 valence electrons. The molecule has 1 saturated carbocycles. The molecule has 14 heteroatoms. The number of nitrogens with two attached hydrogens (primary N) is 1. The van der Waals surface area contributed by atoms with E-state index in [1.807, 2.05) is 6.92 Å². The second-order valence-electron chi connectivity index (χ2n) is 11.1. The van der Waals surface area contributed by atoms with Crippen molar-refractivity contribution in [2.24, 2.45) is 17.6 Å². The van der Waals surface area contributed by atoms with Gasteiger partial charge in [-0.2, -0.15) is 0 Å². The molecule has 0 heterocycles. The number of aliphatic hydroxyl groups excluding tert-OH is 4. The molecular formula is C33H45Cl2NO11. The van der Waals surface area contributed by atoms with E-state index in [0.29, 0.717) is 12.8 Å². The maximum absolute atomic E-state index is 12.6. The van der Waals surface area contributed by atoms with Crippen LogP contribution in [0.3, 0.4) is 0 Å². The van der Waals surface area contributed by atoms with E-state index in [1.165, 1.54) is 31.2 Å². The highest BCUT2D eigenvalue weighted by Gasteiger charge is 2.36. The third-order valence-corrected chi connectivity index (χ3v) is 8.32. The summed E-state index contributed by atoms with van der Waals surface area (Å²) < 4.78 is 10.1. The molecule has 12 nitrogen and oxygen atoms in total. The van der Waals surface area contributed by atoms with E-state index in [-0.39, 0.29) is 17.9 Å². The second kappa shape index (κ2) is 21.6. The summed E-state index contributed by atoms with van der Waals surface area (Å²) in [6, 6.07) is 0. The Bertz CT molecular complexity index is 1240. The van der Waals surface area contributed by atoms with Crippen molar-refractivity contribution in [3.05, 3.63) is 71.4 Å². The lowest BCUT2D eigenvalue weighted by Crippen LogP contribution is -2.43. The van der Waals surface area contributed by atoms with Crippen molar-refractivity contribution in [1.82, 2.24) is 0 Å². The van der Waals surface area contributed by atoms with Crippen LogP contribution < -0.4 is 5.73 Å². The first kappa shape index (κ1) is 41.8. The van der Waals surface area contributed by atoms with E-state index < -0.39 is 84.1 Å². The maximum Gasteiger partial charge on any atom is 0.405 e. The number of Topliss-reactive ketones (excluding diaryl/α,β-unsaturated/α-hetero) is 1. The van der Waals surface area contributed by atoms with E-state index in [0.717, 1.165) is 5.57 Å². The molecule has 1 aliphatic carbocycles. The smallest absolute Gasteiger partial charge is 0.405 e. The molecular weight excluding hydrogens is 657 g/mol. The van der Waals surface area contributed by atoms with Crippen LogP contribution in [0.15, 0.2) is 71.4 Å². The lowest BCUT2D eigenvalue weighted by atomic mass is 9.85. The summed E-state index contributed by atoms with van der Waals surface area (Å²) in [5, 5.41) is 49.3. The zero-order chi connectivity index (χ0) is 35.7. The van der Waals surface area contributed by atoms with Crippen LogP contribution in [-0.4, -0.2) is 91.3 Å². The molecule has 0 bridgehead atoms. The number of carbonyl (C=O) groups excluding carboxylic acids is 3. The number of carboxylic acids is 1. The van der Waals surface area contributed by atoms with Crippen LogP contribution in [0.2, 0.25) is 0 Å². The van der Waals surface area contributed by atoms with Crippen molar-refractivity contribution in [3.8, 4) is 0 Å². The average molecular weight is 703 g/mol. The van der Waals surface area contributed by atoms with Crippen molar-refractivity contribution >= 4 is 47.0 Å². The lowest BCUT2D eigenvalue weighted by molar-refractivity contribution is -0.157. The number of carboxylic acid groups (broad SMARTS) is 1. The van der Waals surface area contributed by atoms with Crippen molar-refractivity contribution in [2.45, 2.75) is 94.9 Å². The normalized spacial score (nSPS) is 23.5. The highest BCUT2D eigenvalue weighted by Crippen LogP contribution is 2.27. The number of aliphatic carboxylic acids is 1. The number of amides is 1. The van der Waals surface area contributed by atoms with Crippen molar-refractivity contribution in [2.75, 3.05) is 0 Å². The van der Waals surface area contributed by atoms with E-state index in [9.17, 15) is 39.6 Å². The molecule has 0 saturated heterocycles. The fourth-order valence-electron chi connectivity index (χ4n) is 4.47. The Hall–Kier alpha value is -3.26. The van der Waals surface area contributed by atoms with E-state index in [1.54, 1.807) is 43.4 Å². The topological polar surface area (TPSA) is 214 Å². The number of hydrogen-bond donors (Lipinski definition) is 6.